The van der Waals surface area contributed by atoms with Gasteiger partial charge in [-0.25, -0.2) is 4.39 Å². The number of likely N-dealkylation sites (N-methyl/N-ethyl adjacent to an activating group) is 1. The zero-order valence-corrected chi connectivity index (χ0v) is 10.4. The van der Waals surface area contributed by atoms with E-state index >= 15 is 0 Å². The lowest BCUT2D eigenvalue weighted by Gasteiger charge is -2.16. The van der Waals surface area contributed by atoms with Gasteiger partial charge in [-0.15, -0.1) is 0 Å². The highest BCUT2D eigenvalue weighted by molar-refractivity contribution is 9.10. The zero-order valence-electron chi connectivity index (χ0n) is 8.82. The average Bonchev–Trinajstić information content (AvgIpc) is 2.22. The van der Waals surface area contributed by atoms with Gasteiger partial charge in [0.1, 0.15) is 5.82 Å². The summed E-state index contributed by atoms with van der Waals surface area (Å²) in [7, 11) is 1.83. The van der Waals surface area contributed by atoms with Gasteiger partial charge in [0.25, 0.3) is 0 Å². The minimum Gasteiger partial charge on any atom is -0.409 e. The lowest BCUT2D eigenvalue weighted by atomic mass is 10.2. The van der Waals surface area contributed by atoms with Crippen molar-refractivity contribution in [3.63, 3.8) is 0 Å². The molecular weight excluding hydrogens is 277 g/mol. The quantitative estimate of drug-likeness (QED) is 0.384. The third-order valence-corrected chi connectivity index (χ3v) is 2.75. The van der Waals surface area contributed by atoms with Crippen LogP contribution in [0.15, 0.2) is 27.8 Å². The topological polar surface area (TPSA) is 61.8 Å². The molecule has 0 aliphatic carbocycles. The first-order valence-corrected chi connectivity index (χ1v) is 5.41. The molecule has 0 spiro atoms. The second kappa shape index (κ2) is 5.81. The molecule has 0 saturated heterocycles. The fourth-order valence-electron chi connectivity index (χ4n) is 1.30. The van der Waals surface area contributed by atoms with Gasteiger partial charge >= 0.3 is 0 Å². The maximum Gasteiger partial charge on any atom is 0.153 e. The molecule has 4 nitrogen and oxygen atoms in total. The molecular formula is C10H13BrFN3O. The van der Waals surface area contributed by atoms with Crippen LogP contribution < -0.4 is 5.73 Å². The summed E-state index contributed by atoms with van der Waals surface area (Å²) in [6, 6.07) is 4.51. The van der Waals surface area contributed by atoms with Crippen LogP contribution in [-0.2, 0) is 6.54 Å². The first-order chi connectivity index (χ1) is 7.52. The van der Waals surface area contributed by atoms with E-state index in [2.05, 4.69) is 21.1 Å². The van der Waals surface area contributed by atoms with E-state index in [0.717, 1.165) is 5.56 Å². The molecule has 0 radical (unpaired) electrons. The van der Waals surface area contributed by atoms with Gasteiger partial charge in [0.05, 0.1) is 6.54 Å². The van der Waals surface area contributed by atoms with E-state index < -0.39 is 0 Å². The maximum atomic E-state index is 12.8. The van der Waals surface area contributed by atoms with Crippen LogP contribution in [0, 0.1) is 5.82 Å². The monoisotopic (exact) mass is 289 g/mol. The van der Waals surface area contributed by atoms with Gasteiger partial charge in [-0.2, -0.15) is 0 Å². The number of hydrogen-bond acceptors (Lipinski definition) is 3. The summed E-state index contributed by atoms with van der Waals surface area (Å²) in [5.41, 5.74) is 6.32. The molecule has 1 rings (SSSR count). The average molecular weight is 290 g/mol. The number of nitrogens with two attached hydrogens (primary N) is 1. The lowest BCUT2D eigenvalue weighted by Crippen LogP contribution is -2.30. The van der Waals surface area contributed by atoms with Crippen LogP contribution >= 0.6 is 15.9 Å². The SMILES string of the molecule is CN(CC(N)=NO)Cc1ccc(F)cc1Br. The van der Waals surface area contributed by atoms with E-state index in [9.17, 15) is 4.39 Å². The molecule has 0 amide bonds. The number of halogens is 2. The summed E-state index contributed by atoms with van der Waals surface area (Å²) >= 11 is 3.28. The minimum atomic E-state index is -0.283. The van der Waals surface area contributed by atoms with Crippen molar-refractivity contribution in [2.24, 2.45) is 10.9 Å². The van der Waals surface area contributed by atoms with Crippen molar-refractivity contribution in [2.75, 3.05) is 13.6 Å². The van der Waals surface area contributed by atoms with Crippen LogP contribution in [0.4, 0.5) is 4.39 Å². The summed E-state index contributed by atoms with van der Waals surface area (Å²) in [4.78, 5) is 1.85. The van der Waals surface area contributed by atoms with Gasteiger partial charge < -0.3 is 10.9 Å². The molecule has 0 aliphatic rings. The highest BCUT2D eigenvalue weighted by Gasteiger charge is 2.06. The molecule has 1 aromatic rings. The van der Waals surface area contributed by atoms with Crippen LogP contribution in [0.2, 0.25) is 0 Å². The minimum absolute atomic E-state index is 0.140. The molecule has 16 heavy (non-hydrogen) atoms. The number of oxime groups is 1. The van der Waals surface area contributed by atoms with Crippen molar-refractivity contribution >= 4 is 21.8 Å². The molecule has 0 bridgehead atoms. The molecule has 3 N–H and O–H groups in total. The number of nitrogens with zero attached hydrogens (tertiary/aromatic N) is 2. The predicted octanol–water partition coefficient (Wildman–Crippen LogP) is 1.77. The molecule has 0 saturated carbocycles. The first kappa shape index (κ1) is 12.9. The third kappa shape index (κ3) is 3.79. The lowest BCUT2D eigenvalue weighted by molar-refractivity contribution is 0.308. The van der Waals surface area contributed by atoms with E-state index in [0.29, 0.717) is 17.6 Å². The third-order valence-electron chi connectivity index (χ3n) is 2.02. The molecule has 0 heterocycles. The highest BCUT2D eigenvalue weighted by atomic mass is 79.9. The Morgan fingerprint density at radius 2 is 2.31 bits per heavy atom. The van der Waals surface area contributed by atoms with Crippen molar-refractivity contribution in [3.05, 3.63) is 34.1 Å². The summed E-state index contributed by atoms with van der Waals surface area (Å²) in [5, 5.41) is 11.3. The van der Waals surface area contributed by atoms with E-state index in [1.54, 1.807) is 6.07 Å². The highest BCUT2D eigenvalue weighted by Crippen LogP contribution is 2.19. The molecule has 0 aromatic heterocycles. The van der Waals surface area contributed by atoms with E-state index in [-0.39, 0.29) is 11.7 Å². The Morgan fingerprint density at radius 3 is 2.88 bits per heavy atom. The maximum absolute atomic E-state index is 12.8. The second-order valence-electron chi connectivity index (χ2n) is 3.50. The van der Waals surface area contributed by atoms with Crippen LogP contribution in [0.5, 0.6) is 0 Å². The van der Waals surface area contributed by atoms with Crippen LogP contribution in [-0.4, -0.2) is 29.5 Å². The van der Waals surface area contributed by atoms with Gasteiger partial charge in [-0.1, -0.05) is 27.2 Å². The van der Waals surface area contributed by atoms with E-state index in [1.165, 1.54) is 12.1 Å². The fourth-order valence-corrected chi connectivity index (χ4v) is 1.78. The van der Waals surface area contributed by atoms with Gasteiger partial charge in [0.15, 0.2) is 5.84 Å². The molecule has 0 fully saturated rings. The Kier molecular flexibility index (Phi) is 4.70. The van der Waals surface area contributed by atoms with E-state index in [4.69, 9.17) is 10.9 Å². The summed E-state index contributed by atoms with van der Waals surface area (Å²) < 4.78 is 13.5. The van der Waals surface area contributed by atoms with Crippen molar-refractivity contribution in [2.45, 2.75) is 6.54 Å². The zero-order chi connectivity index (χ0) is 12.1. The Morgan fingerprint density at radius 1 is 1.62 bits per heavy atom. The van der Waals surface area contributed by atoms with Crippen molar-refractivity contribution in [1.82, 2.24) is 4.90 Å². The van der Waals surface area contributed by atoms with Crippen LogP contribution in [0.1, 0.15) is 5.56 Å². The van der Waals surface area contributed by atoms with Gasteiger partial charge in [0.2, 0.25) is 0 Å². The molecule has 1 aromatic carbocycles. The second-order valence-corrected chi connectivity index (χ2v) is 4.35. The van der Waals surface area contributed by atoms with E-state index in [1.807, 2.05) is 11.9 Å². The summed E-state index contributed by atoms with van der Waals surface area (Å²) in [6.45, 7) is 0.928. The van der Waals surface area contributed by atoms with Gasteiger partial charge in [-0.05, 0) is 24.7 Å². The predicted molar refractivity (Wildman–Crippen MR) is 63.8 cm³/mol. The van der Waals surface area contributed by atoms with Crippen molar-refractivity contribution in [3.8, 4) is 0 Å². The Hall–Kier alpha value is -1.14. The van der Waals surface area contributed by atoms with Crippen LogP contribution in [0.25, 0.3) is 0 Å². The molecule has 0 aliphatic heterocycles. The molecule has 0 atom stereocenters. The number of benzene rings is 1. The molecule has 0 unspecified atom stereocenters. The van der Waals surface area contributed by atoms with Gasteiger partial charge in [-0.3, -0.25) is 4.90 Å². The number of amidine groups is 1. The normalized spacial score (nSPS) is 12.1. The summed E-state index contributed by atoms with van der Waals surface area (Å²) in [6.07, 6.45) is 0. The molecule has 6 heteroatoms. The van der Waals surface area contributed by atoms with Crippen molar-refractivity contribution < 1.29 is 9.60 Å². The smallest absolute Gasteiger partial charge is 0.153 e. The fraction of sp³-hybridized carbons (Fsp3) is 0.300. The molecule has 88 valence electrons. The Balaban J connectivity index is 2.66. The van der Waals surface area contributed by atoms with Crippen LogP contribution in [0.3, 0.4) is 0 Å². The first-order valence-electron chi connectivity index (χ1n) is 4.62. The largest absolute Gasteiger partial charge is 0.409 e. The van der Waals surface area contributed by atoms with Gasteiger partial charge in [0, 0.05) is 11.0 Å². The Labute approximate surface area is 102 Å². The van der Waals surface area contributed by atoms with Crippen molar-refractivity contribution in [1.29, 1.82) is 0 Å². The standard InChI is InChI=1S/C10H13BrFN3O/c1-15(6-10(13)14-16)5-7-2-3-8(12)4-9(7)11/h2-4,16H,5-6H2,1H3,(H2,13,14). The Bertz CT molecular complexity index is 398. The number of hydrogen-bond donors (Lipinski definition) is 2. The summed E-state index contributed by atoms with van der Waals surface area (Å²) in [5.74, 6) is -0.143. The number of rotatable bonds is 4.